The van der Waals surface area contributed by atoms with Crippen LogP contribution in [0.4, 0.5) is 5.69 Å². The number of methoxy groups -OCH3 is 1. The molecule has 4 rings (SSSR count). The van der Waals surface area contributed by atoms with Crippen LogP contribution < -0.4 is 19.7 Å². The Kier molecular flexibility index (Phi) is 13.2. The van der Waals surface area contributed by atoms with Crippen molar-refractivity contribution in [2.45, 2.75) is 44.8 Å². The second-order valence-corrected chi connectivity index (χ2v) is 14.1. The van der Waals surface area contributed by atoms with Crippen LogP contribution in [-0.2, 0) is 26.7 Å². The third-order valence-electron chi connectivity index (χ3n) is 8.12. The van der Waals surface area contributed by atoms with Gasteiger partial charge in [0.2, 0.25) is 19.2 Å². The molecule has 0 aromatic heterocycles. The molecule has 2 N–H and O–H groups in total. The van der Waals surface area contributed by atoms with Gasteiger partial charge in [0.15, 0.2) is 0 Å². The number of carbonyl (C=O) groups is 2. The smallest absolute Gasteiger partial charge is 0.242 e. The van der Waals surface area contributed by atoms with Gasteiger partial charge >= 0.3 is 0 Å². The number of likely N-dealkylation sites (N-methyl/N-ethyl adjacent to an activating group) is 1. The summed E-state index contributed by atoms with van der Waals surface area (Å²) in [5.74, 6) is -0.137. The molecule has 248 valence electrons. The highest BCUT2D eigenvalue weighted by atomic mass is 31.2. The van der Waals surface area contributed by atoms with Crippen LogP contribution in [0.2, 0.25) is 0 Å². The van der Waals surface area contributed by atoms with Crippen LogP contribution in [0.15, 0.2) is 109 Å². The summed E-state index contributed by atoms with van der Waals surface area (Å²) in [5, 5.41) is 2.63. The van der Waals surface area contributed by atoms with E-state index in [9.17, 15) is 19.0 Å². The minimum atomic E-state index is -3.81. The number of benzene rings is 4. The number of para-hydroxylation sites is 1. The number of carbonyl (C=O) groups excluding carboxylic acids is 2. The quantitative estimate of drug-likeness (QED) is 0.0929. The summed E-state index contributed by atoms with van der Waals surface area (Å²) in [6.45, 7) is 2.11. The molecule has 3 atom stereocenters. The van der Waals surface area contributed by atoms with Crippen molar-refractivity contribution in [3.8, 4) is 11.5 Å². The van der Waals surface area contributed by atoms with Gasteiger partial charge in [-0.1, -0.05) is 72.8 Å². The van der Waals surface area contributed by atoms with Gasteiger partial charge in [-0.05, 0) is 85.7 Å². The van der Waals surface area contributed by atoms with Crippen LogP contribution in [0, 0.1) is 5.92 Å². The molecule has 0 aliphatic heterocycles. The summed E-state index contributed by atoms with van der Waals surface area (Å²) >= 11 is 0. The van der Waals surface area contributed by atoms with Gasteiger partial charge in [0.25, 0.3) is 0 Å². The first-order chi connectivity index (χ1) is 22.7. The molecule has 0 aliphatic carbocycles. The molecular formula is C38H45N2O6P. The van der Waals surface area contributed by atoms with E-state index in [1.807, 2.05) is 72.8 Å². The summed E-state index contributed by atoms with van der Waals surface area (Å²) in [4.78, 5) is 39.9. The van der Waals surface area contributed by atoms with E-state index >= 15 is 0 Å². The highest BCUT2D eigenvalue weighted by molar-refractivity contribution is 7.57. The Balaban J connectivity index is 1.52. The van der Waals surface area contributed by atoms with E-state index in [-0.39, 0.29) is 24.1 Å². The van der Waals surface area contributed by atoms with E-state index in [1.165, 1.54) is 17.5 Å². The van der Waals surface area contributed by atoms with Crippen molar-refractivity contribution in [3.63, 3.8) is 0 Å². The summed E-state index contributed by atoms with van der Waals surface area (Å²) in [6, 6.07) is 33.4. The van der Waals surface area contributed by atoms with E-state index in [1.54, 1.807) is 38.3 Å². The van der Waals surface area contributed by atoms with E-state index in [4.69, 9.17) is 9.47 Å². The predicted molar refractivity (Wildman–Crippen MR) is 187 cm³/mol. The molecule has 0 saturated heterocycles. The van der Waals surface area contributed by atoms with Gasteiger partial charge < -0.3 is 19.7 Å². The van der Waals surface area contributed by atoms with Crippen molar-refractivity contribution >= 4 is 24.9 Å². The average molecular weight is 657 g/mol. The van der Waals surface area contributed by atoms with Crippen molar-refractivity contribution in [1.82, 2.24) is 5.32 Å². The number of anilines is 1. The first-order valence-electron chi connectivity index (χ1n) is 16.0. The minimum Gasteiger partial charge on any atom is -0.497 e. The number of nitrogens with zero attached hydrogens (tertiary/aromatic N) is 1. The molecule has 47 heavy (non-hydrogen) atoms. The van der Waals surface area contributed by atoms with E-state index in [2.05, 4.69) is 17.4 Å². The number of ether oxygens (including phenoxy) is 2. The maximum Gasteiger partial charge on any atom is 0.242 e. The highest BCUT2D eigenvalue weighted by Gasteiger charge is 2.36. The van der Waals surface area contributed by atoms with Crippen LogP contribution in [0.3, 0.4) is 0 Å². The van der Waals surface area contributed by atoms with Gasteiger partial charge in [0.05, 0.1) is 13.7 Å². The van der Waals surface area contributed by atoms with Gasteiger partial charge in [0.1, 0.15) is 17.5 Å². The molecule has 0 spiro atoms. The molecule has 0 radical (unpaired) electrons. The first-order valence-corrected chi connectivity index (χ1v) is 18.0. The molecule has 0 aliphatic rings. The van der Waals surface area contributed by atoms with Crippen LogP contribution in [0.5, 0.6) is 11.5 Å². The summed E-state index contributed by atoms with van der Waals surface area (Å²) in [7, 11) is -0.739. The predicted octanol–water partition coefficient (Wildman–Crippen LogP) is 7.09. The Hall–Kier alpha value is -4.39. The zero-order chi connectivity index (χ0) is 33.6. The van der Waals surface area contributed by atoms with Crippen molar-refractivity contribution in [3.05, 3.63) is 126 Å². The standard InChI is InChI=1S/C38H45N2O6P/c1-29(37(41)39-2)40(34-21-23-35(45-3)24-22-34)38(42)33(14-10-11-25-46-36-15-8-5-9-16-36)28-47(43,44)27-32-19-17-31(18-20-32)26-30-12-6-4-7-13-30/h4-9,12-13,15-24,29,33H,10-11,14,25-28H2,1-3H3,(H,39,41)(H,43,44). The lowest BCUT2D eigenvalue weighted by atomic mass is 10.0. The van der Waals surface area contributed by atoms with Gasteiger partial charge in [-0.2, -0.15) is 0 Å². The zero-order valence-electron chi connectivity index (χ0n) is 27.4. The van der Waals surface area contributed by atoms with Crippen molar-refractivity contribution in [2.75, 3.05) is 31.8 Å². The van der Waals surface area contributed by atoms with Gasteiger partial charge in [-0.3, -0.25) is 19.1 Å². The molecule has 8 nitrogen and oxygen atoms in total. The Bertz CT molecular complexity index is 1600. The molecule has 0 bridgehead atoms. The molecule has 9 heteroatoms. The zero-order valence-corrected chi connectivity index (χ0v) is 28.3. The second-order valence-electron chi connectivity index (χ2n) is 11.7. The molecule has 2 amide bonds. The first kappa shape index (κ1) is 35.5. The van der Waals surface area contributed by atoms with E-state index < -0.39 is 19.3 Å². The fourth-order valence-corrected chi connectivity index (χ4v) is 7.53. The van der Waals surface area contributed by atoms with Gasteiger partial charge in [-0.15, -0.1) is 0 Å². The van der Waals surface area contributed by atoms with E-state index in [0.717, 1.165) is 23.3 Å². The average Bonchev–Trinajstić information content (AvgIpc) is 3.09. The number of hydrogen-bond acceptors (Lipinski definition) is 5. The maximum absolute atomic E-state index is 14.3. The SMILES string of the molecule is CNC(=O)C(C)N(C(=O)C(CCCCOc1ccccc1)CP(=O)(O)Cc1ccc(Cc2ccccc2)cc1)c1ccc(OC)cc1. The topological polar surface area (TPSA) is 105 Å². The van der Waals surface area contributed by atoms with Crippen LogP contribution in [0.1, 0.15) is 42.9 Å². The van der Waals surface area contributed by atoms with Crippen molar-refractivity contribution in [2.24, 2.45) is 5.92 Å². The fraction of sp³-hybridized carbons (Fsp3) is 0.316. The van der Waals surface area contributed by atoms with Crippen molar-refractivity contribution in [1.29, 1.82) is 0 Å². The maximum atomic E-state index is 14.3. The number of nitrogens with one attached hydrogen (secondary N) is 1. The Labute approximate surface area is 278 Å². The van der Waals surface area contributed by atoms with Crippen LogP contribution >= 0.6 is 7.37 Å². The van der Waals surface area contributed by atoms with E-state index in [0.29, 0.717) is 37.3 Å². The molecule has 0 fully saturated rings. The minimum absolute atomic E-state index is 0.0486. The van der Waals surface area contributed by atoms with Crippen LogP contribution in [0.25, 0.3) is 0 Å². The number of hydrogen-bond donors (Lipinski definition) is 2. The summed E-state index contributed by atoms with van der Waals surface area (Å²) in [5.41, 5.74) is 3.54. The largest absolute Gasteiger partial charge is 0.497 e. The highest BCUT2D eigenvalue weighted by Crippen LogP contribution is 2.47. The molecule has 0 saturated carbocycles. The number of amides is 2. The lowest BCUT2D eigenvalue weighted by Crippen LogP contribution is -2.50. The Morgan fingerprint density at radius 2 is 1.40 bits per heavy atom. The molecule has 4 aromatic carbocycles. The third-order valence-corrected chi connectivity index (χ3v) is 9.99. The van der Waals surface area contributed by atoms with Crippen LogP contribution in [-0.4, -0.2) is 49.7 Å². The summed E-state index contributed by atoms with van der Waals surface area (Å²) < 4.78 is 24.9. The molecular weight excluding hydrogens is 611 g/mol. The van der Waals surface area contributed by atoms with Gasteiger partial charge in [0, 0.05) is 31.0 Å². The lowest BCUT2D eigenvalue weighted by Gasteiger charge is -2.32. The normalized spacial score (nSPS) is 13.5. The second kappa shape index (κ2) is 17.5. The molecule has 0 heterocycles. The monoisotopic (exact) mass is 656 g/mol. The van der Waals surface area contributed by atoms with Gasteiger partial charge in [-0.25, -0.2) is 0 Å². The summed E-state index contributed by atoms with van der Waals surface area (Å²) in [6.07, 6.45) is 2.14. The lowest BCUT2D eigenvalue weighted by molar-refractivity contribution is -0.127. The Morgan fingerprint density at radius 3 is 2.02 bits per heavy atom. The number of rotatable bonds is 17. The third kappa shape index (κ3) is 10.8. The Morgan fingerprint density at radius 1 is 0.809 bits per heavy atom. The molecule has 4 aromatic rings. The number of unbranched alkanes of at least 4 members (excludes halogenated alkanes) is 1. The fourth-order valence-electron chi connectivity index (χ4n) is 5.59. The van der Waals surface area contributed by atoms with Crippen molar-refractivity contribution < 1.29 is 28.5 Å². The molecule has 3 unspecified atom stereocenters.